The first-order valence-electron chi connectivity index (χ1n) is 9.85. The van der Waals surface area contributed by atoms with E-state index in [1.165, 1.54) is 23.3 Å². The molecule has 1 saturated heterocycles. The van der Waals surface area contributed by atoms with E-state index < -0.39 is 6.04 Å². The molecule has 164 valence electrons. The van der Waals surface area contributed by atoms with E-state index in [1.54, 1.807) is 53.4 Å². The van der Waals surface area contributed by atoms with Gasteiger partial charge in [-0.1, -0.05) is 23.7 Å². The summed E-state index contributed by atoms with van der Waals surface area (Å²) in [5, 5.41) is 3.63. The summed E-state index contributed by atoms with van der Waals surface area (Å²) < 4.78 is 18.7. The maximum absolute atomic E-state index is 13.3. The van der Waals surface area contributed by atoms with Gasteiger partial charge in [-0.05, 0) is 66.3 Å². The highest BCUT2D eigenvalue weighted by molar-refractivity contribution is 7.80. The largest absolute Gasteiger partial charge is 0.467 e. The Morgan fingerprint density at radius 2 is 1.81 bits per heavy atom. The monoisotopic (exact) mass is 471 g/mol. The number of benzene rings is 2. The topological polar surface area (TPSA) is 65.8 Å². The smallest absolute Gasteiger partial charge is 0.252 e. The molecule has 1 aliphatic heterocycles. The van der Waals surface area contributed by atoms with Crippen molar-refractivity contribution in [2.45, 2.75) is 25.6 Å². The highest BCUT2D eigenvalue weighted by atomic mass is 35.5. The highest BCUT2D eigenvalue weighted by Crippen LogP contribution is 2.26. The number of carbonyl (C=O) groups excluding carboxylic acids is 2. The van der Waals surface area contributed by atoms with E-state index in [0.717, 1.165) is 5.56 Å². The third kappa shape index (κ3) is 4.98. The molecule has 1 aliphatic rings. The molecule has 4 rings (SSSR count). The fraction of sp³-hybridized carbons (Fsp3) is 0.174. The summed E-state index contributed by atoms with van der Waals surface area (Å²) in [7, 11) is 0. The van der Waals surface area contributed by atoms with Gasteiger partial charge >= 0.3 is 0 Å². The quantitative estimate of drug-likeness (QED) is 0.510. The minimum absolute atomic E-state index is 0.0950. The Morgan fingerprint density at radius 1 is 1.09 bits per heavy atom. The molecule has 0 bridgehead atoms. The Kier molecular flexibility index (Phi) is 6.53. The molecular formula is C23H19ClFN3O3S. The lowest BCUT2D eigenvalue weighted by Crippen LogP contribution is -2.37. The number of carbonyl (C=O) groups is 2. The molecule has 1 fully saturated rings. The zero-order chi connectivity index (χ0) is 22.7. The van der Waals surface area contributed by atoms with Crippen LogP contribution in [-0.2, 0) is 22.7 Å². The van der Waals surface area contributed by atoms with E-state index in [9.17, 15) is 14.0 Å². The molecule has 2 aromatic carbocycles. The number of hydrogen-bond donors (Lipinski definition) is 1. The molecule has 9 heteroatoms. The van der Waals surface area contributed by atoms with Gasteiger partial charge in [0, 0.05) is 10.7 Å². The molecule has 6 nitrogen and oxygen atoms in total. The molecule has 32 heavy (non-hydrogen) atoms. The molecule has 0 spiro atoms. The van der Waals surface area contributed by atoms with Gasteiger partial charge in [-0.25, -0.2) is 4.39 Å². The van der Waals surface area contributed by atoms with Gasteiger partial charge in [-0.15, -0.1) is 0 Å². The Hall–Kier alpha value is -3.23. The summed E-state index contributed by atoms with van der Waals surface area (Å²) in [6.07, 6.45) is 1.44. The van der Waals surface area contributed by atoms with Crippen LogP contribution >= 0.6 is 23.8 Å². The average Bonchev–Trinajstić information content (AvgIpc) is 3.36. The Morgan fingerprint density at radius 3 is 2.47 bits per heavy atom. The van der Waals surface area contributed by atoms with Crippen LogP contribution in [0.25, 0.3) is 0 Å². The van der Waals surface area contributed by atoms with Gasteiger partial charge in [0.15, 0.2) is 5.11 Å². The van der Waals surface area contributed by atoms with Gasteiger partial charge < -0.3 is 14.6 Å². The molecule has 1 atom stereocenters. The van der Waals surface area contributed by atoms with Crippen molar-refractivity contribution in [2.75, 3.05) is 5.32 Å². The van der Waals surface area contributed by atoms with Crippen LogP contribution in [0.2, 0.25) is 5.02 Å². The molecule has 2 heterocycles. The SMILES string of the molecule is O=C(C[C@H]1C(=O)N(Cc2ccc(F)cc2)C(=S)N1Cc1ccco1)Nc1ccc(Cl)cc1. The highest BCUT2D eigenvalue weighted by Gasteiger charge is 2.43. The molecule has 2 amide bonds. The van der Waals surface area contributed by atoms with Gasteiger partial charge in [-0.3, -0.25) is 14.5 Å². The van der Waals surface area contributed by atoms with Crippen LogP contribution in [0.1, 0.15) is 17.7 Å². The number of amides is 2. The Balaban J connectivity index is 1.53. The number of halogens is 2. The van der Waals surface area contributed by atoms with Crippen LogP contribution in [0.5, 0.6) is 0 Å². The number of thiocarbonyl (C=S) groups is 1. The van der Waals surface area contributed by atoms with E-state index >= 15 is 0 Å². The standard InChI is InChI=1S/C23H19ClFN3O3S/c24-16-5-9-18(10-6-16)26-21(29)12-20-22(30)28(13-15-3-7-17(25)8-4-15)23(32)27(20)14-19-2-1-11-31-19/h1-11,20H,12-14H2,(H,26,29)/t20-/m0/s1. The Labute approximate surface area is 194 Å². The summed E-state index contributed by atoms with van der Waals surface area (Å²) in [5.74, 6) is -0.370. The fourth-order valence-electron chi connectivity index (χ4n) is 3.48. The minimum Gasteiger partial charge on any atom is -0.467 e. The maximum Gasteiger partial charge on any atom is 0.252 e. The van der Waals surface area contributed by atoms with Crippen molar-refractivity contribution in [1.82, 2.24) is 9.80 Å². The van der Waals surface area contributed by atoms with E-state index in [-0.39, 0.29) is 37.1 Å². The Bertz CT molecular complexity index is 1120. The zero-order valence-corrected chi connectivity index (χ0v) is 18.4. The third-order valence-corrected chi connectivity index (χ3v) is 5.78. The number of furan rings is 1. The lowest BCUT2D eigenvalue weighted by atomic mass is 10.1. The lowest BCUT2D eigenvalue weighted by molar-refractivity contribution is -0.131. The number of nitrogens with zero attached hydrogens (tertiary/aromatic N) is 2. The second-order valence-electron chi connectivity index (χ2n) is 7.32. The van der Waals surface area contributed by atoms with Crippen molar-refractivity contribution < 1.29 is 18.4 Å². The van der Waals surface area contributed by atoms with Crippen molar-refractivity contribution in [3.8, 4) is 0 Å². The van der Waals surface area contributed by atoms with E-state index in [0.29, 0.717) is 21.6 Å². The van der Waals surface area contributed by atoms with Crippen molar-refractivity contribution in [3.05, 3.63) is 89.1 Å². The number of nitrogens with one attached hydrogen (secondary N) is 1. The average molecular weight is 472 g/mol. The molecule has 0 unspecified atom stereocenters. The number of hydrogen-bond acceptors (Lipinski definition) is 4. The molecule has 1 N–H and O–H groups in total. The van der Waals surface area contributed by atoms with Gasteiger partial charge in [0.2, 0.25) is 5.91 Å². The second kappa shape index (κ2) is 9.50. The van der Waals surface area contributed by atoms with Crippen molar-refractivity contribution in [2.24, 2.45) is 0 Å². The first-order valence-corrected chi connectivity index (χ1v) is 10.6. The van der Waals surface area contributed by atoms with Gasteiger partial charge in [0.25, 0.3) is 5.91 Å². The molecule has 0 aliphatic carbocycles. The van der Waals surface area contributed by atoms with Crippen LogP contribution in [0.3, 0.4) is 0 Å². The van der Waals surface area contributed by atoms with Crippen LogP contribution in [0.15, 0.2) is 71.3 Å². The number of anilines is 1. The van der Waals surface area contributed by atoms with Crippen molar-refractivity contribution in [3.63, 3.8) is 0 Å². The first-order chi connectivity index (χ1) is 15.4. The second-order valence-corrected chi connectivity index (χ2v) is 8.12. The molecule has 0 radical (unpaired) electrons. The van der Waals surface area contributed by atoms with Gasteiger partial charge in [0.1, 0.15) is 17.6 Å². The predicted octanol–water partition coefficient (Wildman–Crippen LogP) is 4.60. The predicted molar refractivity (Wildman–Crippen MR) is 122 cm³/mol. The zero-order valence-electron chi connectivity index (χ0n) is 16.8. The summed E-state index contributed by atoms with van der Waals surface area (Å²) in [6.45, 7) is 0.429. The summed E-state index contributed by atoms with van der Waals surface area (Å²) in [4.78, 5) is 29.1. The van der Waals surface area contributed by atoms with Gasteiger partial charge in [-0.2, -0.15) is 0 Å². The van der Waals surface area contributed by atoms with Crippen LogP contribution < -0.4 is 5.32 Å². The van der Waals surface area contributed by atoms with E-state index in [1.807, 2.05) is 0 Å². The maximum atomic E-state index is 13.3. The molecular weight excluding hydrogens is 453 g/mol. The third-order valence-electron chi connectivity index (χ3n) is 5.07. The number of rotatable bonds is 7. The fourth-order valence-corrected chi connectivity index (χ4v) is 3.95. The summed E-state index contributed by atoms with van der Waals surface area (Å²) in [5.41, 5.74) is 1.31. The summed E-state index contributed by atoms with van der Waals surface area (Å²) >= 11 is 11.5. The van der Waals surface area contributed by atoms with Crippen molar-refractivity contribution >= 4 is 46.4 Å². The minimum atomic E-state index is -0.791. The van der Waals surface area contributed by atoms with E-state index in [4.69, 9.17) is 28.2 Å². The van der Waals surface area contributed by atoms with Gasteiger partial charge in [0.05, 0.1) is 25.8 Å². The first kappa shape index (κ1) is 22.0. The molecule has 0 saturated carbocycles. The van der Waals surface area contributed by atoms with Crippen LogP contribution in [-0.4, -0.2) is 32.8 Å². The normalized spacial score (nSPS) is 16.0. The molecule has 3 aromatic rings. The van der Waals surface area contributed by atoms with Crippen LogP contribution in [0.4, 0.5) is 10.1 Å². The van der Waals surface area contributed by atoms with Crippen LogP contribution in [0, 0.1) is 5.82 Å². The van der Waals surface area contributed by atoms with Crippen molar-refractivity contribution in [1.29, 1.82) is 0 Å². The lowest BCUT2D eigenvalue weighted by Gasteiger charge is -2.22. The van der Waals surface area contributed by atoms with E-state index in [2.05, 4.69) is 5.32 Å². The molecule has 1 aromatic heterocycles. The summed E-state index contributed by atoms with van der Waals surface area (Å²) in [6, 6.07) is 15.3.